The molecule has 2 N–H and O–H groups in total. The van der Waals surface area contributed by atoms with Crippen molar-refractivity contribution in [3.8, 4) is 0 Å². The molecular weight excluding hydrogens is 276 g/mol. The second-order valence-corrected chi connectivity index (χ2v) is 6.69. The van der Waals surface area contributed by atoms with Gasteiger partial charge < -0.3 is 10.1 Å². The van der Waals surface area contributed by atoms with Crippen LogP contribution in [0.4, 0.5) is 0 Å². The predicted octanol–water partition coefficient (Wildman–Crippen LogP) is 0.690. The lowest BCUT2D eigenvalue weighted by molar-refractivity contribution is 0.199. The van der Waals surface area contributed by atoms with E-state index in [1.54, 1.807) is 13.2 Å². The molecule has 2 rings (SSSR count). The summed E-state index contributed by atoms with van der Waals surface area (Å²) in [6.07, 6.45) is 3.17. The second-order valence-electron chi connectivity index (χ2n) is 4.92. The fourth-order valence-corrected chi connectivity index (χ4v) is 3.45. The number of ether oxygens (including phenoxy) is 1. The lowest BCUT2D eigenvalue weighted by atomic mass is 10.1. The van der Waals surface area contributed by atoms with Crippen molar-refractivity contribution >= 4 is 10.0 Å². The number of hydrogen-bond donors (Lipinski definition) is 2. The number of sulfonamides is 1. The first-order chi connectivity index (χ1) is 9.63. The number of fused-ring (bicyclic) bond motifs is 1. The summed E-state index contributed by atoms with van der Waals surface area (Å²) in [6.45, 7) is 2.31. The molecular formula is C14H22N2O3S. The van der Waals surface area contributed by atoms with Crippen LogP contribution in [0.5, 0.6) is 0 Å². The molecule has 0 saturated heterocycles. The number of aryl methyl sites for hydroxylation is 2. The third-order valence-electron chi connectivity index (χ3n) is 3.46. The summed E-state index contributed by atoms with van der Waals surface area (Å²) in [5, 5.41) is 3.10. The number of methoxy groups -OCH3 is 1. The summed E-state index contributed by atoms with van der Waals surface area (Å²) in [6, 6.07) is 5.45. The Labute approximate surface area is 120 Å². The minimum atomic E-state index is -3.40. The molecule has 0 atom stereocenters. The van der Waals surface area contributed by atoms with Gasteiger partial charge in [0.05, 0.1) is 11.5 Å². The van der Waals surface area contributed by atoms with E-state index in [0.717, 1.165) is 25.8 Å². The molecule has 0 radical (unpaired) electrons. The highest BCUT2D eigenvalue weighted by atomic mass is 32.2. The first kappa shape index (κ1) is 15.4. The minimum Gasteiger partial charge on any atom is -0.383 e. The summed E-state index contributed by atoms with van der Waals surface area (Å²) < 4.78 is 31.8. The molecule has 20 heavy (non-hydrogen) atoms. The Balaban J connectivity index is 1.87. The van der Waals surface area contributed by atoms with Gasteiger partial charge in [-0.1, -0.05) is 6.07 Å². The van der Waals surface area contributed by atoms with E-state index in [2.05, 4.69) is 10.0 Å². The predicted molar refractivity (Wildman–Crippen MR) is 78.4 cm³/mol. The summed E-state index contributed by atoms with van der Waals surface area (Å²) in [7, 11) is -1.76. The van der Waals surface area contributed by atoms with E-state index in [0.29, 0.717) is 24.6 Å². The quantitative estimate of drug-likeness (QED) is 0.693. The Hall–Kier alpha value is -0.950. The largest absolute Gasteiger partial charge is 0.383 e. The monoisotopic (exact) mass is 298 g/mol. The van der Waals surface area contributed by atoms with Crippen LogP contribution < -0.4 is 10.0 Å². The third-order valence-corrected chi connectivity index (χ3v) is 4.92. The van der Waals surface area contributed by atoms with E-state index >= 15 is 0 Å². The first-order valence-corrected chi connectivity index (χ1v) is 8.43. The number of benzene rings is 1. The van der Waals surface area contributed by atoms with Crippen molar-refractivity contribution in [2.24, 2.45) is 0 Å². The molecule has 5 nitrogen and oxygen atoms in total. The summed E-state index contributed by atoms with van der Waals surface area (Å²) in [5.74, 6) is 0. The van der Waals surface area contributed by atoms with Crippen molar-refractivity contribution in [2.75, 3.05) is 33.4 Å². The van der Waals surface area contributed by atoms with Crippen LogP contribution in [0, 0.1) is 0 Å². The minimum absolute atomic E-state index is 0.370. The van der Waals surface area contributed by atoms with Gasteiger partial charge in [-0.25, -0.2) is 13.1 Å². The van der Waals surface area contributed by atoms with Crippen molar-refractivity contribution in [3.63, 3.8) is 0 Å². The molecule has 6 heteroatoms. The number of rotatable bonds is 8. The summed E-state index contributed by atoms with van der Waals surface area (Å²) in [4.78, 5) is 0.370. The van der Waals surface area contributed by atoms with Gasteiger partial charge in [0, 0.05) is 26.7 Å². The fraction of sp³-hybridized carbons (Fsp3) is 0.571. The van der Waals surface area contributed by atoms with E-state index in [1.165, 1.54) is 11.1 Å². The molecule has 0 bridgehead atoms. The van der Waals surface area contributed by atoms with E-state index in [1.807, 2.05) is 12.1 Å². The molecule has 1 aromatic rings. The van der Waals surface area contributed by atoms with Crippen LogP contribution in [0.1, 0.15) is 17.5 Å². The highest BCUT2D eigenvalue weighted by Crippen LogP contribution is 2.24. The van der Waals surface area contributed by atoms with Crippen molar-refractivity contribution in [1.29, 1.82) is 0 Å². The second kappa shape index (κ2) is 7.17. The lowest BCUT2D eigenvalue weighted by Crippen LogP contribution is -2.33. The average molecular weight is 298 g/mol. The van der Waals surface area contributed by atoms with Crippen LogP contribution in [0.3, 0.4) is 0 Å². The lowest BCUT2D eigenvalue weighted by Gasteiger charge is -2.09. The van der Waals surface area contributed by atoms with Gasteiger partial charge in [0.15, 0.2) is 0 Å². The smallest absolute Gasteiger partial charge is 0.240 e. The molecule has 1 aliphatic carbocycles. The molecule has 0 fully saturated rings. The normalized spacial score (nSPS) is 14.4. The molecule has 112 valence electrons. The number of nitrogens with one attached hydrogen (secondary N) is 2. The molecule has 1 aliphatic rings. The van der Waals surface area contributed by atoms with Crippen LogP contribution in [-0.4, -0.2) is 41.8 Å². The van der Waals surface area contributed by atoms with Gasteiger partial charge in [-0.15, -0.1) is 0 Å². The zero-order valence-electron chi connectivity index (χ0n) is 11.8. The highest BCUT2D eigenvalue weighted by molar-refractivity contribution is 7.89. The molecule has 0 aromatic heterocycles. The third kappa shape index (κ3) is 4.02. The molecule has 1 aromatic carbocycles. The Bertz CT molecular complexity index is 543. The maximum absolute atomic E-state index is 12.2. The molecule has 0 saturated carbocycles. The number of hydrogen-bond acceptors (Lipinski definition) is 4. The van der Waals surface area contributed by atoms with Crippen LogP contribution in [0.25, 0.3) is 0 Å². The van der Waals surface area contributed by atoms with Crippen LogP contribution in [-0.2, 0) is 27.6 Å². The Morgan fingerprint density at radius 1 is 1.15 bits per heavy atom. The Morgan fingerprint density at radius 2 is 1.95 bits per heavy atom. The van der Waals surface area contributed by atoms with E-state index < -0.39 is 10.0 Å². The van der Waals surface area contributed by atoms with Crippen molar-refractivity contribution in [1.82, 2.24) is 10.0 Å². The van der Waals surface area contributed by atoms with Gasteiger partial charge in [0.1, 0.15) is 0 Å². The fourth-order valence-electron chi connectivity index (χ4n) is 2.37. The van der Waals surface area contributed by atoms with Crippen molar-refractivity contribution in [3.05, 3.63) is 29.3 Å². The highest BCUT2D eigenvalue weighted by Gasteiger charge is 2.17. The first-order valence-electron chi connectivity index (χ1n) is 6.94. The van der Waals surface area contributed by atoms with Gasteiger partial charge in [-0.3, -0.25) is 0 Å². The van der Waals surface area contributed by atoms with E-state index in [-0.39, 0.29) is 0 Å². The maximum atomic E-state index is 12.2. The van der Waals surface area contributed by atoms with Crippen LogP contribution in [0.15, 0.2) is 23.1 Å². The van der Waals surface area contributed by atoms with Crippen LogP contribution in [0.2, 0.25) is 0 Å². The van der Waals surface area contributed by atoms with Crippen molar-refractivity contribution < 1.29 is 13.2 Å². The van der Waals surface area contributed by atoms with Gasteiger partial charge in [0.2, 0.25) is 10.0 Å². The topological polar surface area (TPSA) is 67.4 Å². The molecule has 0 heterocycles. The molecule has 0 spiro atoms. The van der Waals surface area contributed by atoms with Crippen molar-refractivity contribution in [2.45, 2.75) is 24.2 Å². The Morgan fingerprint density at radius 3 is 2.75 bits per heavy atom. The zero-order chi connectivity index (χ0) is 14.4. The van der Waals surface area contributed by atoms with Gasteiger partial charge in [-0.05, 0) is 42.5 Å². The zero-order valence-corrected chi connectivity index (χ0v) is 12.6. The molecule has 0 amide bonds. The summed E-state index contributed by atoms with van der Waals surface area (Å²) in [5.41, 5.74) is 2.45. The Kier molecular flexibility index (Phi) is 5.54. The van der Waals surface area contributed by atoms with E-state index in [9.17, 15) is 8.42 Å². The molecule has 0 aliphatic heterocycles. The molecule has 0 unspecified atom stereocenters. The van der Waals surface area contributed by atoms with Crippen LogP contribution >= 0.6 is 0 Å². The van der Waals surface area contributed by atoms with E-state index in [4.69, 9.17) is 4.74 Å². The van der Waals surface area contributed by atoms with Gasteiger partial charge in [0.25, 0.3) is 0 Å². The SMILES string of the molecule is COCCNCCNS(=O)(=O)c1ccc2c(c1)CCC2. The van der Waals surface area contributed by atoms with Gasteiger partial charge in [-0.2, -0.15) is 0 Å². The average Bonchev–Trinajstić information content (AvgIpc) is 2.90. The summed E-state index contributed by atoms with van der Waals surface area (Å²) >= 11 is 0. The maximum Gasteiger partial charge on any atom is 0.240 e. The van der Waals surface area contributed by atoms with Gasteiger partial charge >= 0.3 is 0 Å². The standard InChI is InChI=1S/C14H22N2O3S/c1-19-10-9-15-7-8-16-20(17,18)14-6-5-12-3-2-4-13(12)11-14/h5-6,11,15-16H,2-4,7-10H2,1H3.